The average molecular weight is 293 g/mol. The monoisotopic (exact) mass is 293 g/mol. The van der Waals surface area contributed by atoms with Crippen LogP contribution < -0.4 is 10.6 Å². The van der Waals surface area contributed by atoms with Crippen LogP contribution >= 0.6 is 0 Å². The van der Waals surface area contributed by atoms with Gasteiger partial charge in [0.15, 0.2) is 0 Å². The number of rotatable bonds is 10. The zero-order chi connectivity index (χ0) is 15.5. The summed E-state index contributed by atoms with van der Waals surface area (Å²) < 4.78 is 5.39. The van der Waals surface area contributed by atoms with Gasteiger partial charge in [0.1, 0.15) is 12.1 Å². The van der Waals surface area contributed by atoms with Crippen LogP contribution in [0, 0.1) is 0 Å². The molecule has 0 aliphatic rings. The first-order chi connectivity index (χ1) is 10.2. The van der Waals surface area contributed by atoms with Crippen molar-refractivity contribution in [1.82, 2.24) is 15.6 Å². The minimum Gasteiger partial charge on any atom is -0.374 e. The molecule has 2 N–H and O–H groups in total. The molecule has 1 aromatic rings. The molecular weight excluding hydrogens is 270 g/mol. The second-order valence-electron chi connectivity index (χ2n) is 4.70. The topological polar surface area (TPSA) is 80.3 Å². The van der Waals surface area contributed by atoms with E-state index in [1.165, 1.54) is 7.11 Å². The Balaban J connectivity index is 2.73. The number of hydrogen-bond donors (Lipinski definition) is 2. The molecule has 2 atom stereocenters. The van der Waals surface area contributed by atoms with Crippen LogP contribution in [-0.2, 0) is 14.3 Å². The maximum Gasteiger partial charge on any atom is 0.245 e. The molecule has 6 nitrogen and oxygen atoms in total. The fraction of sp³-hybridized carbons (Fsp3) is 0.533. The van der Waals surface area contributed by atoms with Crippen LogP contribution in [-0.4, -0.2) is 37.0 Å². The molecule has 116 valence electrons. The maximum absolute atomic E-state index is 12.2. The third-order valence-electron chi connectivity index (χ3n) is 3.20. The third-order valence-corrected chi connectivity index (χ3v) is 3.20. The van der Waals surface area contributed by atoms with Crippen molar-refractivity contribution < 1.29 is 14.3 Å². The van der Waals surface area contributed by atoms with Gasteiger partial charge in [-0.25, -0.2) is 0 Å². The van der Waals surface area contributed by atoms with Crippen LogP contribution in [0.15, 0.2) is 24.5 Å². The van der Waals surface area contributed by atoms with Crippen molar-refractivity contribution in [2.24, 2.45) is 0 Å². The van der Waals surface area contributed by atoms with E-state index in [1.54, 1.807) is 24.5 Å². The molecule has 0 saturated carbocycles. The van der Waals surface area contributed by atoms with Gasteiger partial charge < -0.3 is 15.4 Å². The lowest BCUT2D eigenvalue weighted by molar-refractivity contribution is -0.129. The summed E-state index contributed by atoms with van der Waals surface area (Å²) in [4.78, 5) is 27.0. The molecule has 1 heterocycles. The van der Waals surface area contributed by atoms with Crippen molar-refractivity contribution in [2.45, 2.75) is 38.3 Å². The SMILES string of the molecule is CCCCCNC(=O)[C@H](NC=O)[C@@H](OC)c1ccncc1. The lowest BCUT2D eigenvalue weighted by atomic mass is 10.0. The normalized spacial score (nSPS) is 13.2. The largest absolute Gasteiger partial charge is 0.374 e. The van der Waals surface area contributed by atoms with Gasteiger partial charge in [0.25, 0.3) is 0 Å². The Morgan fingerprint density at radius 3 is 2.67 bits per heavy atom. The van der Waals surface area contributed by atoms with Gasteiger partial charge in [-0.2, -0.15) is 0 Å². The Kier molecular flexibility index (Phi) is 8.04. The fourth-order valence-corrected chi connectivity index (χ4v) is 2.09. The highest BCUT2D eigenvalue weighted by Gasteiger charge is 2.29. The molecule has 0 aliphatic heterocycles. The smallest absolute Gasteiger partial charge is 0.245 e. The van der Waals surface area contributed by atoms with E-state index in [0.29, 0.717) is 13.0 Å². The van der Waals surface area contributed by atoms with Crippen LogP contribution in [0.2, 0.25) is 0 Å². The molecule has 0 spiro atoms. The summed E-state index contributed by atoms with van der Waals surface area (Å²) in [5, 5.41) is 5.37. The lowest BCUT2D eigenvalue weighted by Crippen LogP contribution is -2.48. The van der Waals surface area contributed by atoms with E-state index in [9.17, 15) is 9.59 Å². The van der Waals surface area contributed by atoms with Crippen molar-refractivity contribution in [1.29, 1.82) is 0 Å². The summed E-state index contributed by atoms with van der Waals surface area (Å²) in [6, 6.07) is 2.76. The number of nitrogens with zero attached hydrogens (tertiary/aromatic N) is 1. The van der Waals surface area contributed by atoms with Crippen molar-refractivity contribution in [3.63, 3.8) is 0 Å². The minimum atomic E-state index is -0.767. The number of carbonyl (C=O) groups is 2. The highest BCUT2D eigenvalue weighted by atomic mass is 16.5. The lowest BCUT2D eigenvalue weighted by Gasteiger charge is -2.25. The first kappa shape index (κ1) is 17.1. The number of unbranched alkanes of at least 4 members (excludes halogenated alkanes) is 2. The minimum absolute atomic E-state index is 0.248. The molecule has 0 aliphatic carbocycles. The molecule has 0 unspecified atom stereocenters. The van der Waals surface area contributed by atoms with E-state index < -0.39 is 12.1 Å². The first-order valence-corrected chi connectivity index (χ1v) is 7.14. The van der Waals surface area contributed by atoms with Gasteiger partial charge >= 0.3 is 0 Å². The van der Waals surface area contributed by atoms with Crippen LogP contribution in [0.4, 0.5) is 0 Å². The second kappa shape index (κ2) is 9.88. The average Bonchev–Trinajstić information content (AvgIpc) is 2.52. The summed E-state index contributed by atoms with van der Waals surface area (Å²) in [6.07, 6.45) is 6.28. The molecular formula is C15H23N3O3. The maximum atomic E-state index is 12.2. The van der Waals surface area contributed by atoms with Gasteiger partial charge in [-0.1, -0.05) is 19.8 Å². The molecule has 0 fully saturated rings. The number of ether oxygens (including phenoxy) is 1. The van der Waals surface area contributed by atoms with Gasteiger partial charge in [0, 0.05) is 26.0 Å². The molecule has 0 radical (unpaired) electrons. The van der Waals surface area contributed by atoms with E-state index in [1.807, 2.05) is 0 Å². The number of nitrogens with one attached hydrogen (secondary N) is 2. The molecule has 0 aromatic carbocycles. The van der Waals surface area contributed by atoms with E-state index in [0.717, 1.165) is 24.8 Å². The van der Waals surface area contributed by atoms with E-state index in [-0.39, 0.29) is 5.91 Å². The van der Waals surface area contributed by atoms with Gasteiger partial charge in [0.2, 0.25) is 12.3 Å². The standard InChI is InChI=1S/C15H23N3O3/c1-3-4-5-8-17-15(20)13(18-11-19)14(21-2)12-6-9-16-10-7-12/h6-7,9-11,13-14H,3-5,8H2,1-2H3,(H,17,20)(H,18,19)/t13-,14+/m1/s1. The van der Waals surface area contributed by atoms with Gasteiger partial charge in [-0.3, -0.25) is 14.6 Å². The van der Waals surface area contributed by atoms with E-state index >= 15 is 0 Å². The third kappa shape index (κ3) is 5.51. The number of aromatic nitrogens is 1. The van der Waals surface area contributed by atoms with E-state index in [4.69, 9.17) is 4.74 Å². The summed E-state index contributed by atoms with van der Waals surface area (Å²) in [5.74, 6) is -0.248. The Morgan fingerprint density at radius 2 is 2.10 bits per heavy atom. The number of methoxy groups -OCH3 is 1. The zero-order valence-corrected chi connectivity index (χ0v) is 12.5. The molecule has 0 saturated heterocycles. The summed E-state index contributed by atoms with van der Waals surface area (Å²) in [5.41, 5.74) is 0.788. The van der Waals surface area contributed by atoms with E-state index in [2.05, 4.69) is 22.5 Å². The molecule has 6 heteroatoms. The molecule has 1 rings (SSSR count). The molecule has 2 amide bonds. The van der Waals surface area contributed by atoms with Crippen LogP contribution in [0.1, 0.15) is 37.9 Å². The number of hydrogen-bond acceptors (Lipinski definition) is 4. The van der Waals surface area contributed by atoms with Crippen LogP contribution in [0.3, 0.4) is 0 Å². The summed E-state index contributed by atoms with van der Waals surface area (Å²) in [6.45, 7) is 2.69. The van der Waals surface area contributed by atoms with Crippen LogP contribution in [0.25, 0.3) is 0 Å². The molecule has 1 aromatic heterocycles. The van der Waals surface area contributed by atoms with Crippen molar-refractivity contribution in [3.8, 4) is 0 Å². The summed E-state index contributed by atoms with van der Waals surface area (Å²) in [7, 11) is 1.51. The fourth-order valence-electron chi connectivity index (χ4n) is 2.09. The van der Waals surface area contributed by atoms with Gasteiger partial charge in [-0.15, -0.1) is 0 Å². The number of amides is 2. The highest BCUT2D eigenvalue weighted by molar-refractivity contribution is 5.84. The van der Waals surface area contributed by atoms with Crippen LogP contribution in [0.5, 0.6) is 0 Å². The van der Waals surface area contributed by atoms with Gasteiger partial charge in [-0.05, 0) is 24.1 Å². The number of carbonyl (C=O) groups excluding carboxylic acids is 2. The Morgan fingerprint density at radius 1 is 1.38 bits per heavy atom. The molecule has 0 bridgehead atoms. The van der Waals surface area contributed by atoms with Crippen molar-refractivity contribution >= 4 is 12.3 Å². The van der Waals surface area contributed by atoms with Gasteiger partial charge in [0.05, 0.1) is 0 Å². The van der Waals surface area contributed by atoms with Crippen molar-refractivity contribution in [2.75, 3.05) is 13.7 Å². The highest BCUT2D eigenvalue weighted by Crippen LogP contribution is 2.20. The molecule has 21 heavy (non-hydrogen) atoms. The number of pyridine rings is 1. The predicted octanol–water partition coefficient (Wildman–Crippen LogP) is 1.19. The van der Waals surface area contributed by atoms with Crippen molar-refractivity contribution in [3.05, 3.63) is 30.1 Å². The first-order valence-electron chi connectivity index (χ1n) is 7.14. The Hall–Kier alpha value is -1.95. The second-order valence-corrected chi connectivity index (χ2v) is 4.70. The zero-order valence-electron chi connectivity index (χ0n) is 12.5. The summed E-state index contributed by atoms with van der Waals surface area (Å²) >= 11 is 0. The predicted molar refractivity (Wildman–Crippen MR) is 79.5 cm³/mol. The Bertz CT molecular complexity index is 425. The quantitative estimate of drug-likeness (QED) is 0.501. The Labute approximate surface area is 125 Å².